The van der Waals surface area contributed by atoms with Gasteiger partial charge in [0.05, 0.1) is 23.5 Å². The van der Waals surface area contributed by atoms with Gasteiger partial charge in [0, 0.05) is 43.1 Å². The summed E-state index contributed by atoms with van der Waals surface area (Å²) in [4.78, 5) is 25.7. The normalized spacial score (nSPS) is 19.5. The van der Waals surface area contributed by atoms with E-state index in [0.29, 0.717) is 30.1 Å². The number of fused-ring (bicyclic) bond motifs is 1. The second kappa shape index (κ2) is 8.35. The smallest absolute Gasteiger partial charge is 0.253 e. The zero-order chi connectivity index (χ0) is 19.3. The van der Waals surface area contributed by atoms with Crippen LogP contribution in [0.4, 0.5) is 5.95 Å². The van der Waals surface area contributed by atoms with E-state index in [-0.39, 0.29) is 18.1 Å². The molecule has 0 unspecified atom stereocenters. The molecule has 2 heterocycles. The Hall–Kier alpha value is -3.00. The van der Waals surface area contributed by atoms with Gasteiger partial charge in [-0.3, -0.25) is 4.79 Å². The number of anilines is 1. The highest BCUT2D eigenvalue weighted by molar-refractivity contribution is 6.05. The Morgan fingerprint density at radius 3 is 2.89 bits per heavy atom. The van der Waals surface area contributed by atoms with E-state index in [1.54, 1.807) is 24.8 Å². The number of nitrogens with zero attached hydrogens (tertiary/aromatic N) is 4. The lowest BCUT2D eigenvalue weighted by Gasteiger charge is -2.26. The lowest BCUT2D eigenvalue weighted by molar-refractivity contribution is 0.0953. The molecule has 0 bridgehead atoms. The number of hydrogen-bond acceptors (Lipinski definition) is 6. The highest BCUT2D eigenvalue weighted by Crippen LogP contribution is 2.22. The van der Waals surface area contributed by atoms with E-state index in [0.717, 1.165) is 31.1 Å². The number of benzene rings is 1. The molecule has 0 spiro atoms. The molecule has 3 N–H and O–H groups in total. The summed E-state index contributed by atoms with van der Waals surface area (Å²) in [6.07, 6.45) is 10.2. The van der Waals surface area contributed by atoms with E-state index in [4.69, 9.17) is 0 Å². The third-order valence-electron chi connectivity index (χ3n) is 5.10. The number of aliphatic hydroxyl groups is 1. The molecule has 8 nitrogen and oxygen atoms in total. The van der Waals surface area contributed by atoms with E-state index in [9.17, 15) is 9.90 Å². The van der Waals surface area contributed by atoms with Crippen LogP contribution in [0.2, 0.25) is 0 Å². The van der Waals surface area contributed by atoms with E-state index >= 15 is 0 Å². The molecule has 28 heavy (non-hydrogen) atoms. The summed E-state index contributed by atoms with van der Waals surface area (Å²) in [5.41, 5.74) is 1.17. The van der Waals surface area contributed by atoms with Crippen LogP contribution in [0.3, 0.4) is 0 Å². The summed E-state index contributed by atoms with van der Waals surface area (Å²) in [6, 6.07) is 5.77. The lowest BCUT2D eigenvalue weighted by atomic mass is 9.93. The molecule has 1 amide bonds. The van der Waals surface area contributed by atoms with Gasteiger partial charge in [0.15, 0.2) is 0 Å². The summed E-state index contributed by atoms with van der Waals surface area (Å²) < 4.78 is 1.91. The average molecular weight is 380 g/mol. The van der Waals surface area contributed by atoms with Gasteiger partial charge in [-0.25, -0.2) is 15.0 Å². The largest absolute Gasteiger partial charge is 0.393 e. The second-order valence-electron chi connectivity index (χ2n) is 7.14. The molecule has 4 rings (SSSR count). The molecule has 0 radical (unpaired) electrons. The Morgan fingerprint density at radius 1 is 1.25 bits per heavy atom. The number of carbonyl (C=O) groups is 1. The number of rotatable bonds is 6. The fourth-order valence-electron chi connectivity index (χ4n) is 3.52. The van der Waals surface area contributed by atoms with Crippen LogP contribution in [0.25, 0.3) is 10.9 Å². The van der Waals surface area contributed by atoms with Gasteiger partial charge < -0.3 is 20.3 Å². The first-order valence-corrected chi connectivity index (χ1v) is 9.63. The zero-order valence-corrected chi connectivity index (χ0v) is 15.6. The number of amides is 1. The first-order valence-electron chi connectivity index (χ1n) is 9.63. The van der Waals surface area contributed by atoms with Crippen LogP contribution in [0.1, 0.15) is 36.0 Å². The van der Waals surface area contributed by atoms with Crippen molar-refractivity contribution in [1.29, 1.82) is 0 Å². The van der Waals surface area contributed by atoms with E-state index in [1.165, 1.54) is 0 Å². The van der Waals surface area contributed by atoms with Crippen molar-refractivity contribution in [2.24, 2.45) is 0 Å². The van der Waals surface area contributed by atoms with Gasteiger partial charge in [0.2, 0.25) is 5.95 Å². The predicted octanol–water partition coefficient (Wildman–Crippen LogP) is 1.97. The van der Waals surface area contributed by atoms with Crippen molar-refractivity contribution in [3.63, 3.8) is 0 Å². The molecule has 1 aliphatic carbocycles. The van der Waals surface area contributed by atoms with Gasteiger partial charge in [-0.2, -0.15) is 0 Å². The summed E-state index contributed by atoms with van der Waals surface area (Å²) >= 11 is 0. The number of imidazole rings is 1. The minimum Gasteiger partial charge on any atom is -0.393 e. The molecule has 1 aliphatic rings. The highest BCUT2D eigenvalue weighted by atomic mass is 16.3. The fraction of sp³-hybridized carbons (Fsp3) is 0.400. The molecule has 1 aromatic carbocycles. The molecule has 0 aliphatic heterocycles. The lowest BCUT2D eigenvalue weighted by Crippen LogP contribution is -2.29. The van der Waals surface area contributed by atoms with Gasteiger partial charge in [0.1, 0.15) is 0 Å². The standard InChI is InChI=1S/C20H24N6O2/c27-16-6-4-15(5-7-16)24-20-23-12-14-2-1-3-17(18(14)25-20)19(28)22-9-11-26-10-8-21-13-26/h1-3,8,10,12-13,15-16,27H,4-7,9,11H2,(H,22,28)(H,23,24,25)/t15-,16-. The third-order valence-corrected chi connectivity index (χ3v) is 5.10. The summed E-state index contributed by atoms with van der Waals surface area (Å²) in [7, 11) is 0. The van der Waals surface area contributed by atoms with Crippen LogP contribution in [0.15, 0.2) is 43.1 Å². The number of carbonyl (C=O) groups excluding carboxylic acids is 1. The Morgan fingerprint density at radius 2 is 2.11 bits per heavy atom. The molecule has 8 heteroatoms. The summed E-state index contributed by atoms with van der Waals surface area (Å²) in [6.45, 7) is 1.16. The van der Waals surface area contributed by atoms with Crippen LogP contribution in [-0.2, 0) is 6.54 Å². The number of nitrogens with one attached hydrogen (secondary N) is 2. The van der Waals surface area contributed by atoms with E-state index in [2.05, 4.69) is 25.6 Å². The maximum atomic E-state index is 12.7. The molecule has 146 valence electrons. The SMILES string of the molecule is O=C(NCCn1ccnc1)c1cccc2cnc(N[C@H]3CC[C@H](O)CC3)nc12. The molecule has 1 saturated carbocycles. The molecule has 0 atom stereocenters. The molecule has 1 fully saturated rings. The topological polar surface area (TPSA) is 105 Å². The van der Waals surface area contributed by atoms with Crippen molar-refractivity contribution < 1.29 is 9.90 Å². The minimum atomic E-state index is -0.201. The van der Waals surface area contributed by atoms with Gasteiger partial charge in [-0.05, 0) is 31.7 Å². The van der Waals surface area contributed by atoms with Gasteiger partial charge in [-0.1, -0.05) is 12.1 Å². The van der Waals surface area contributed by atoms with Crippen molar-refractivity contribution in [2.75, 3.05) is 11.9 Å². The molecule has 2 aromatic heterocycles. The van der Waals surface area contributed by atoms with Crippen molar-refractivity contribution in [1.82, 2.24) is 24.8 Å². The van der Waals surface area contributed by atoms with Gasteiger partial charge in [0.25, 0.3) is 5.91 Å². The zero-order valence-electron chi connectivity index (χ0n) is 15.6. The minimum absolute atomic E-state index is 0.156. The Kier molecular flexibility index (Phi) is 5.48. The number of hydrogen-bond donors (Lipinski definition) is 3. The van der Waals surface area contributed by atoms with Crippen LogP contribution < -0.4 is 10.6 Å². The van der Waals surface area contributed by atoms with Crippen molar-refractivity contribution in [3.05, 3.63) is 48.7 Å². The van der Waals surface area contributed by atoms with Crippen LogP contribution in [0, 0.1) is 0 Å². The Bertz CT molecular complexity index is 935. The van der Waals surface area contributed by atoms with Crippen LogP contribution in [0.5, 0.6) is 0 Å². The fourth-order valence-corrected chi connectivity index (χ4v) is 3.52. The third kappa shape index (κ3) is 4.28. The average Bonchev–Trinajstić information content (AvgIpc) is 3.23. The summed E-state index contributed by atoms with van der Waals surface area (Å²) in [5.74, 6) is 0.365. The highest BCUT2D eigenvalue weighted by Gasteiger charge is 2.20. The number of aliphatic hydroxyl groups excluding tert-OH is 1. The Balaban J connectivity index is 1.47. The second-order valence-corrected chi connectivity index (χ2v) is 7.14. The maximum Gasteiger partial charge on any atom is 0.253 e. The van der Waals surface area contributed by atoms with Crippen molar-refractivity contribution in [2.45, 2.75) is 44.4 Å². The molecular formula is C20H24N6O2. The molecular weight excluding hydrogens is 356 g/mol. The predicted molar refractivity (Wildman–Crippen MR) is 106 cm³/mol. The number of aromatic nitrogens is 4. The maximum absolute atomic E-state index is 12.7. The van der Waals surface area contributed by atoms with Crippen LogP contribution >= 0.6 is 0 Å². The van der Waals surface area contributed by atoms with Crippen molar-refractivity contribution >= 4 is 22.8 Å². The first kappa shape index (κ1) is 18.4. The molecule has 0 saturated heterocycles. The quantitative estimate of drug-likeness (QED) is 0.604. The van der Waals surface area contributed by atoms with E-state index in [1.807, 2.05) is 22.9 Å². The van der Waals surface area contributed by atoms with Gasteiger partial charge in [-0.15, -0.1) is 0 Å². The monoisotopic (exact) mass is 380 g/mol. The number of para-hydroxylation sites is 1. The Labute approximate surface area is 163 Å². The summed E-state index contributed by atoms with van der Waals surface area (Å²) in [5, 5.41) is 16.8. The van der Waals surface area contributed by atoms with Crippen LogP contribution in [-0.4, -0.2) is 49.2 Å². The first-order chi connectivity index (χ1) is 13.7. The molecule has 3 aromatic rings. The van der Waals surface area contributed by atoms with Gasteiger partial charge >= 0.3 is 0 Å². The van der Waals surface area contributed by atoms with Crippen molar-refractivity contribution in [3.8, 4) is 0 Å². The van der Waals surface area contributed by atoms with E-state index < -0.39 is 0 Å².